The van der Waals surface area contributed by atoms with E-state index < -0.39 is 0 Å². The Morgan fingerprint density at radius 3 is 2.43 bits per heavy atom. The third kappa shape index (κ3) is 5.30. The van der Waals surface area contributed by atoms with Gasteiger partial charge in [-0.15, -0.1) is 0 Å². The number of hydrogen-bond acceptors (Lipinski definition) is 4. The first-order valence-corrected chi connectivity index (χ1v) is 9.81. The van der Waals surface area contributed by atoms with Gasteiger partial charge in [-0.3, -0.25) is 4.79 Å². The zero-order chi connectivity index (χ0) is 20.8. The number of nitrogens with one attached hydrogen (secondary N) is 2. The van der Waals surface area contributed by atoms with Gasteiger partial charge in [0.1, 0.15) is 11.5 Å². The lowest BCUT2D eigenvalue weighted by Gasteiger charge is -2.21. The molecular formula is C21H33N3O4. The molecule has 1 heterocycles. The molecule has 0 spiro atoms. The lowest BCUT2D eigenvalue weighted by atomic mass is 9.87. The summed E-state index contributed by atoms with van der Waals surface area (Å²) in [4.78, 5) is 27.2. The summed E-state index contributed by atoms with van der Waals surface area (Å²) in [6, 6.07) is 5.49. The summed E-state index contributed by atoms with van der Waals surface area (Å²) >= 11 is 0. The monoisotopic (exact) mass is 391 g/mol. The highest BCUT2D eigenvalue weighted by molar-refractivity contribution is 5.83. The quantitative estimate of drug-likeness (QED) is 0.749. The van der Waals surface area contributed by atoms with Crippen molar-refractivity contribution in [2.75, 3.05) is 33.9 Å². The van der Waals surface area contributed by atoms with Gasteiger partial charge < -0.3 is 25.0 Å². The van der Waals surface area contributed by atoms with Crippen molar-refractivity contribution in [1.82, 2.24) is 15.5 Å². The van der Waals surface area contributed by atoms with Crippen molar-refractivity contribution in [2.45, 2.75) is 39.7 Å². The first kappa shape index (κ1) is 21.9. The van der Waals surface area contributed by atoms with Crippen LogP contribution in [0.5, 0.6) is 11.5 Å². The molecule has 156 valence electrons. The molecule has 2 rings (SSSR count). The maximum Gasteiger partial charge on any atom is 0.317 e. The molecule has 1 fully saturated rings. The minimum atomic E-state index is -0.334. The molecule has 2 N–H and O–H groups in total. The van der Waals surface area contributed by atoms with Crippen LogP contribution in [0.3, 0.4) is 0 Å². The zero-order valence-electron chi connectivity index (χ0n) is 17.7. The number of benzene rings is 1. The number of amides is 3. The van der Waals surface area contributed by atoms with Gasteiger partial charge in [-0.05, 0) is 25.8 Å². The summed E-state index contributed by atoms with van der Waals surface area (Å²) in [5.41, 5.74) is 0.910. The van der Waals surface area contributed by atoms with E-state index in [0.29, 0.717) is 37.1 Å². The molecule has 0 aromatic heterocycles. The van der Waals surface area contributed by atoms with E-state index in [0.717, 1.165) is 5.56 Å². The molecule has 1 aliphatic heterocycles. The summed E-state index contributed by atoms with van der Waals surface area (Å²) in [5.74, 6) is 1.20. The van der Waals surface area contributed by atoms with E-state index in [4.69, 9.17) is 9.47 Å². The van der Waals surface area contributed by atoms with Gasteiger partial charge in [-0.1, -0.05) is 19.9 Å². The molecule has 0 saturated carbocycles. The molecular weight excluding hydrogens is 358 g/mol. The minimum Gasteiger partial charge on any atom is -0.497 e. The van der Waals surface area contributed by atoms with E-state index in [1.54, 1.807) is 19.1 Å². The molecule has 1 aromatic rings. The predicted octanol–water partition coefficient (Wildman–Crippen LogP) is 2.61. The van der Waals surface area contributed by atoms with Crippen molar-refractivity contribution in [2.24, 2.45) is 11.8 Å². The summed E-state index contributed by atoms with van der Waals surface area (Å²) in [6.07, 6.45) is 0. The number of rotatable bonds is 7. The second-order valence-corrected chi connectivity index (χ2v) is 7.97. The fourth-order valence-electron chi connectivity index (χ4n) is 3.45. The number of urea groups is 1. The minimum absolute atomic E-state index is 0.0311. The molecule has 3 amide bonds. The number of hydrogen-bond donors (Lipinski definition) is 2. The van der Waals surface area contributed by atoms with Crippen LogP contribution in [0.2, 0.25) is 0 Å². The van der Waals surface area contributed by atoms with E-state index in [1.807, 2.05) is 32.0 Å². The number of carbonyl (C=O) groups is 2. The van der Waals surface area contributed by atoms with E-state index >= 15 is 0 Å². The number of nitrogens with zero attached hydrogens (tertiary/aromatic N) is 1. The molecule has 0 bridgehead atoms. The first-order chi connectivity index (χ1) is 13.3. The SMILES string of the molecule is COc1ccc(C2CN(C(=O)NC(C)C)CC2C(=O)NCC(C)C)c(OC)c1. The van der Waals surface area contributed by atoms with Gasteiger partial charge in [0.2, 0.25) is 5.91 Å². The molecule has 0 radical (unpaired) electrons. The van der Waals surface area contributed by atoms with E-state index in [1.165, 1.54) is 0 Å². The second-order valence-electron chi connectivity index (χ2n) is 7.97. The van der Waals surface area contributed by atoms with Gasteiger partial charge >= 0.3 is 6.03 Å². The lowest BCUT2D eigenvalue weighted by molar-refractivity contribution is -0.125. The molecule has 0 aliphatic carbocycles. The molecule has 2 atom stereocenters. The largest absolute Gasteiger partial charge is 0.497 e. The maximum atomic E-state index is 12.9. The fraction of sp³-hybridized carbons (Fsp3) is 0.619. The third-order valence-corrected chi connectivity index (χ3v) is 4.88. The summed E-state index contributed by atoms with van der Waals surface area (Å²) < 4.78 is 10.8. The van der Waals surface area contributed by atoms with Gasteiger partial charge in [-0.25, -0.2) is 4.79 Å². The van der Waals surface area contributed by atoms with Crippen molar-refractivity contribution in [3.8, 4) is 11.5 Å². The van der Waals surface area contributed by atoms with Crippen molar-refractivity contribution in [1.29, 1.82) is 0 Å². The van der Waals surface area contributed by atoms with Gasteiger partial charge in [0.15, 0.2) is 0 Å². The van der Waals surface area contributed by atoms with Crippen LogP contribution in [-0.2, 0) is 4.79 Å². The third-order valence-electron chi connectivity index (χ3n) is 4.88. The topological polar surface area (TPSA) is 79.9 Å². The molecule has 7 heteroatoms. The molecule has 1 saturated heterocycles. The van der Waals surface area contributed by atoms with Crippen LogP contribution >= 0.6 is 0 Å². The summed E-state index contributed by atoms with van der Waals surface area (Å²) in [7, 11) is 3.20. The van der Waals surface area contributed by atoms with Crippen LogP contribution in [0.15, 0.2) is 18.2 Å². The van der Waals surface area contributed by atoms with Gasteiger partial charge in [-0.2, -0.15) is 0 Å². The van der Waals surface area contributed by atoms with Crippen LogP contribution in [0.25, 0.3) is 0 Å². The molecule has 1 aliphatic rings. The number of methoxy groups -OCH3 is 2. The van der Waals surface area contributed by atoms with Crippen LogP contribution < -0.4 is 20.1 Å². The summed E-state index contributed by atoms with van der Waals surface area (Å²) in [6.45, 7) is 9.40. The highest BCUT2D eigenvalue weighted by Crippen LogP contribution is 2.39. The smallest absolute Gasteiger partial charge is 0.317 e. The Hall–Kier alpha value is -2.44. The first-order valence-electron chi connectivity index (χ1n) is 9.81. The highest BCUT2D eigenvalue weighted by Gasteiger charge is 2.41. The molecule has 2 unspecified atom stereocenters. The van der Waals surface area contributed by atoms with Crippen LogP contribution in [0.4, 0.5) is 4.79 Å². The summed E-state index contributed by atoms with van der Waals surface area (Å²) in [5, 5.41) is 5.94. The Kier molecular flexibility index (Phi) is 7.54. The predicted molar refractivity (Wildman–Crippen MR) is 109 cm³/mol. The molecule has 1 aromatic carbocycles. The van der Waals surface area contributed by atoms with Crippen molar-refractivity contribution >= 4 is 11.9 Å². The Morgan fingerprint density at radius 2 is 1.86 bits per heavy atom. The van der Waals surface area contributed by atoms with Crippen molar-refractivity contribution in [3.05, 3.63) is 23.8 Å². The number of likely N-dealkylation sites (tertiary alicyclic amines) is 1. The normalized spacial score (nSPS) is 19.1. The lowest BCUT2D eigenvalue weighted by Crippen LogP contribution is -2.42. The van der Waals surface area contributed by atoms with Crippen molar-refractivity contribution in [3.63, 3.8) is 0 Å². The highest BCUT2D eigenvalue weighted by atomic mass is 16.5. The van der Waals surface area contributed by atoms with Crippen LogP contribution in [0, 0.1) is 11.8 Å². The van der Waals surface area contributed by atoms with E-state index in [-0.39, 0.29) is 29.8 Å². The van der Waals surface area contributed by atoms with Crippen molar-refractivity contribution < 1.29 is 19.1 Å². The van der Waals surface area contributed by atoms with E-state index in [9.17, 15) is 9.59 Å². The maximum absolute atomic E-state index is 12.9. The molecule has 28 heavy (non-hydrogen) atoms. The Morgan fingerprint density at radius 1 is 1.14 bits per heavy atom. The van der Waals surface area contributed by atoms with E-state index in [2.05, 4.69) is 24.5 Å². The number of carbonyl (C=O) groups excluding carboxylic acids is 2. The standard InChI is InChI=1S/C21H33N3O4/c1-13(2)10-22-20(25)18-12-24(21(26)23-14(3)4)11-17(18)16-8-7-15(27-5)9-19(16)28-6/h7-9,13-14,17-18H,10-12H2,1-6H3,(H,22,25)(H,23,26). The zero-order valence-corrected chi connectivity index (χ0v) is 17.7. The molecule has 7 nitrogen and oxygen atoms in total. The van der Waals surface area contributed by atoms with Gasteiger partial charge in [0.05, 0.1) is 20.1 Å². The second kappa shape index (κ2) is 9.66. The number of ether oxygens (including phenoxy) is 2. The van der Waals surface area contributed by atoms with Gasteiger partial charge in [0.25, 0.3) is 0 Å². The Labute approximate surface area is 167 Å². The Balaban J connectivity index is 2.31. The fourth-order valence-corrected chi connectivity index (χ4v) is 3.45. The average Bonchev–Trinajstić information content (AvgIpc) is 3.10. The average molecular weight is 392 g/mol. The van der Waals surface area contributed by atoms with Gasteiger partial charge in [0, 0.05) is 43.2 Å². The van der Waals surface area contributed by atoms with Crippen LogP contribution in [0.1, 0.15) is 39.2 Å². The Bertz CT molecular complexity index is 690. The van der Waals surface area contributed by atoms with Crippen LogP contribution in [-0.4, -0.2) is 56.7 Å².